The molecule has 0 atom stereocenters. The molecule has 5 nitrogen and oxygen atoms in total. The fourth-order valence-electron chi connectivity index (χ4n) is 3.51. The Morgan fingerprint density at radius 1 is 0.828 bits per heavy atom. The largest absolute Gasteiger partial charge is 0.484 e. The Morgan fingerprint density at radius 2 is 1.48 bits per heavy atom. The molecule has 0 saturated carbocycles. The average Bonchev–Trinajstić information content (AvgIpc) is 2.78. The van der Waals surface area contributed by atoms with Crippen molar-refractivity contribution in [1.82, 2.24) is 9.80 Å². The van der Waals surface area contributed by atoms with Crippen LogP contribution in [0.5, 0.6) is 5.75 Å². The van der Waals surface area contributed by atoms with Crippen LogP contribution in [0.3, 0.4) is 0 Å². The van der Waals surface area contributed by atoms with Crippen molar-refractivity contribution < 1.29 is 14.3 Å². The van der Waals surface area contributed by atoms with E-state index in [0.29, 0.717) is 42.5 Å². The zero-order chi connectivity index (χ0) is 20.2. The van der Waals surface area contributed by atoms with Gasteiger partial charge in [-0.3, -0.25) is 9.59 Å². The van der Waals surface area contributed by atoms with Crippen molar-refractivity contribution in [3.8, 4) is 5.75 Å². The Kier molecular flexibility index (Phi) is 5.67. The van der Waals surface area contributed by atoms with E-state index in [1.165, 1.54) is 0 Å². The van der Waals surface area contributed by atoms with Crippen LogP contribution >= 0.6 is 11.6 Å². The lowest BCUT2D eigenvalue weighted by Crippen LogP contribution is -2.51. The molecular formula is C23H21ClN2O3. The summed E-state index contributed by atoms with van der Waals surface area (Å²) < 4.78 is 5.54. The van der Waals surface area contributed by atoms with Crippen LogP contribution in [0, 0.1) is 0 Å². The number of hydrogen-bond donors (Lipinski definition) is 0. The van der Waals surface area contributed by atoms with Gasteiger partial charge >= 0.3 is 0 Å². The first-order valence-corrected chi connectivity index (χ1v) is 9.93. The van der Waals surface area contributed by atoms with Gasteiger partial charge in [-0.15, -0.1) is 0 Å². The molecule has 0 bridgehead atoms. The minimum Gasteiger partial charge on any atom is -0.484 e. The quantitative estimate of drug-likeness (QED) is 0.658. The molecule has 0 N–H and O–H groups in total. The van der Waals surface area contributed by atoms with Gasteiger partial charge in [0.1, 0.15) is 5.75 Å². The second-order valence-corrected chi connectivity index (χ2v) is 7.38. The number of halogens is 1. The highest BCUT2D eigenvalue weighted by Crippen LogP contribution is 2.21. The molecule has 6 heteroatoms. The molecule has 4 rings (SSSR count). The molecular weight excluding hydrogens is 388 g/mol. The Balaban J connectivity index is 1.34. The maximum absolute atomic E-state index is 13.0. The highest BCUT2D eigenvalue weighted by Gasteiger charge is 2.25. The van der Waals surface area contributed by atoms with E-state index in [1.807, 2.05) is 47.4 Å². The van der Waals surface area contributed by atoms with Gasteiger partial charge in [0.25, 0.3) is 11.8 Å². The molecule has 1 aliphatic rings. The maximum atomic E-state index is 13.0. The summed E-state index contributed by atoms with van der Waals surface area (Å²) in [7, 11) is 0. The second kappa shape index (κ2) is 8.53. The Morgan fingerprint density at radius 3 is 2.24 bits per heavy atom. The van der Waals surface area contributed by atoms with Crippen molar-refractivity contribution in [1.29, 1.82) is 0 Å². The van der Waals surface area contributed by atoms with Gasteiger partial charge < -0.3 is 14.5 Å². The molecule has 0 aromatic heterocycles. The highest BCUT2D eigenvalue weighted by atomic mass is 35.5. The van der Waals surface area contributed by atoms with Gasteiger partial charge in [0.15, 0.2) is 6.61 Å². The lowest BCUT2D eigenvalue weighted by Gasteiger charge is -2.35. The van der Waals surface area contributed by atoms with Crippen molar-refractivity contribution in [2.24, 2.45) is 0 Å². The van der Waals surface area contributed by atoms with Gasteiger partial charge in [0.05, 0.1) is 0 Å². The summed E-state index contributed by atoms with van der Waals surface area (Å²) in [6, 6.07) is 20.6. The van der Waals surface area contributed by atoms with Crippen LogP contribution < -0.4 is 4.74 Å². The van der Waals surface area contributed by atoms with Crippen molar-refractivity contribution in [3.05, 3.63) is 77.3 Å². The van der Waals surface area contributed by atoms with Gasteiger partial charge in [0, 0.05) is 36.8 Å². The standard InChI is InChI=1S/C23H21ClN2O3/c24-18-8-10-19(11-9-18)29-16-22(27)25-12-14-26(15-13-25)23(28)21-7-3-5-17-4-1-2-6-20(17)21/h1-11H,12-16H2. The zero-order valence-electron chi connectivity index (χ0n) is 15.9. The molecule has 0 spiro atoms. The van der Waals surface area contributed by atoms with Crippen molar-refractivity contribution in [2.45, 2.75) is 0 Å². The average molecular weight is 409 g/mol. The highest BCUT2D eigenvalue weighted by molar-refractivity contribution is 6.30. The van der Waals surface area contributed by atoms with E-state index in [2.05, 4.69) is 0 Å². The molecule has 1 aliphatic heterocycles. The molecule has 0 aliphatic carbocycles. The molecule has 2 amide bonds. The zero-order valence-corrected chi connectivity index (χ0v) is 16.6. The number of amides is 2. The molecule has 148 valence electrons. The van der Waals surface area contributed by atoms with Crippen LogP contribution in [-0.4, -0.2) is 54.4 Å². The summed E-state index contributed by atoms with van der Waals surface area (Å²) in [6.45, 7) is 1.99. The van der Waals surface area contributed by atoms with Gasteiger partial charge in [-0.2, -0.15) is 0 Å². The molecule has 0 unspecified atom stereocenters. The van der Waals surface area contributed by atoms with Crippen molar-refractivity contribution >= 4 is 34.2 Å². The van der Waals surface area contributed by atoms with Crippen LogP contribution in [0.25, 0.3) is 10.8 Å². The fourth-order valence-corrected chi connectivity index (χ4v) is 3.63. The van der Waals surface area contributed by atoms with Crippen LogP contribution in [-0.2, 0) is 4.79 Å². The minimum absolute atomic E-state index is 0.00585. The van der Waals surface area contributed by atoms with Gasteiger partial charge in [-0.1, -0.05) is 48.0 Å². The SMILES string of the molecule is O=C(COc1ccc(Cl)cc1)N1CCN(C(=O)c2cccc3ccccc23)CC1. The van der Waals surface area contributed by atoms with E-state index in [-0.39, 0.29) is 18.4 Å². The molecule has 0 radical (unpaired) electrons. The maximum Gasteiger partial charge on any atom is 0.260 e. The van der Waals surface area contributed by atoms with Crippen LogP contribution in [0.4, 0.5) is 0 Å². The Labute approximate surface area is 174 Å². The molecule has 1 saturated heterocycles. The number of benzene rings is 3. The van der Waals surface area contributed by atoms with Gasteiger partial charge in [0.2, 0.25) is 0 Å². The van der Waals surface area contributed by atoms with E-state index in [0.717, 1.165) is 10.8 Å². The smallest absolute Gasteiger partial charge is 0.260 e. The first kappa shape index (κ1) is 19.3. The Bertz CT molecular complexity index is 1020. The number of carbonyl (C=O) groups excluding carboxylic acids is 2. The van der Waals surface area contributed by atoms with E-state index in [9.17, 15) is 9.59 Å². The van der Waals surface area contributed by atoms with E-state index >= 15 is 0 Å². The lowest BCUT2D eigenvalue weighted by atomic mass is 10.0. The lowest BCUT2D eigenvalue weighted by molar-refractivity contribution is -0.134. The number of rotatable bonds is 4. The monoisotopic (exact) mass is 408 g/mol. The van der Waals surface area contributed by atoms with E-state index in [4.69, 9.17) is 16.3 Å². The summed E-state index contributed by atoms with van der Waals surface area (Å²) in [4.78, 5) is 29.0. The van der Waals surface area contributed by atoms with Crippen LogP contribution in [0.1, 0.15) is 10.4 Å². The number of nitrogens with zero attached hydrogens (tertiary/aromatic N) is 2. The van der Waals surface area contributed by atoms with Crippen LogP contribution in [0.15, 0.2) is 66.7 Å². The summed E-state index contributed by atoms with van der Waals surface area (Å²) >= 11 is 5.85. The van der Waals surface area contributed by atoms with Crippen LogP contribution in [0.2, 0.25) is 5.02 Å². The van der Waals surface area contributed by atoms with Gasteiger partial charge in [-0.05, 0) is 41.1 Å². The third kappa shape index (κ3) is 4.35. The number of piperazine rings is 1. The second-order valence-electron chi connectivity index (χ2n) is 6.94. The third-order valence-electron chi connectivity index (χ3n) is 5.12. The predicted octanol–water partition coefficient (Wildman–Crippen LogP) is 3.86. The Hall–Kier alpha value is -3.05. The van der Waals surface area contributed by atoms with Crippen molar-refractivity contribution in [3.63, 3.8) is 0 Å². The summed E-state index contributed by atoms with van der Waals surface area (Å²) in [6.07, 6.45) is 0. The molecule has 29 heavy (non-hydrogen) atoms. The summed E-state index contributed by atoms with van der Waals surface area (Å²) in [5, 5.41) is 2.62. The van der Waals surface area contributed by atoms with Crippen molar-refractivity contribution in [2.75, 3.05) is 32.8 Å². The molecule has 1 fully saturated rings. The third-order valence-corrected chi connectivity index (χ3v) is 5.37. The first-order chi connectivity index (χ1) is 14.1. The van der Waals surface area contributed by atoms with Gasteiger partial charge in [-0.25, -0.2) is 0 Å². The minimum atomic E-state index is -0.0859. The molecule has 3 aromatic carbocycles. The summed E-state index contributed by atoms with van der Waals surface area (Å²) in [5.41, 5.74) is 0.703. The normalized spacial score (nSPS) is 14.1. The molecule has 3 aromatic rings. The number of fused-ring (bicyclic) bond motifs is 1. The number of carbonyl (C=O) groups is 2. The predicted molar refractivity (Wildman–Crippen MR) is 113 cm³/mol. The van der Waals surface area contributed by atoms with E-state index in [1.54, 1.807) is 29.2 Å². The number of ether oxygens (including phenoxy) is 1. The topological polar surface area (TPSA) is 49.9 Å². The number of hydrogen-bond acceptors (Lipinski definition) is 3. The first-order valence-electron chi connectivity index (χ1n) is 9.55. The summed E-state index contributed by atoms with van der Waals surface area (Å²) in [5.74, 6) is 0.524. The van der Waals surface area contributed by atoms with E-state index < -0.39 is 0 Å². The molecule has 1 heterocycles. The fraction of sp³-hybridized carbons (Fsp3) is 0.217.